The second-order valence-corrected chi connectivity index (χ2v) is 9.48. The lowest BCUT2D eigenvalue weighted by Gasteiger charge is -2.15. The van der Waals surface area contributed by atoms with E-state index < -0.39 is 0 Å². The fourth-order valence-corrected chi connectivity index (χ4v) is 5.47. The molecule has 9 heteroatoms. The first-order valence-corrected chi connectivity index (χ1v) is 11.7. The van der Waals surface area contributed by atoms with Crippen molar-refractivity contribution in [1.29, 1.82) is 0 Å². The third-order valence-corrected chi connectivity index (χ3v) is 7.24. The summed E-state index contributed by atoms with van der Waals surface area (Å²) in [5.41, 5.74) is 1.48. The van der Waals surface area contributed by atoms with Crippen LogP contribution < -0.4 is 11.0 Å². The van der Waals surface area contributed by atoms with E-state index in [9.17, 15) is 9.59 Å². The Balaban J connectivity index is 1.28. The van der Waals surface area contributed by atoms with Crippen LogP contribution in [0.15, 0.2) is 39.8 Å². The number of hydrogen-bond acceptors (Lipinski definition) is 6. The summed E-state index contributed by atoms with van der Waals surface area (Å²) in [6.45, 7) is 2.90. The van der Waals surface area contributed by atoms with Gasteiger partial charge in [-0.3, -0.25) is 9.36 Å². The number of nitrogens with one attached hydrogen (secondary N) is 1. The molecule has 30 heavy (non-hydrogen) atoms. The highest BCUT2D eigenvalue weighted by atomic mass is 32.1. The van der Waals surface area contributed by atoms with E-state index in [-0.39, 0.29) is 17.6 Å². The van der Waals surface area contributed by atoms with E-state index in [2.05, 4.69) is 15.4 Å². The number of aryl methyl sites for hydroxylation is 2. The quantitative estimate of drug-likeness (QED) is 0.529. The van der Waals surface area contributed by atoms with E-state index in [1.165, 1.54) is 4.68 Å². The number of hydrogen-bond donors (Lipinski definition) is 1. The van der Waals surface area contributed by atoms with E-state index in [1.807, 2.05) is 41.9 Å². The van der Waals surface area contributed by atoms with Gasteiger partial charge < -0.3 is 5.32 Å². The maximum Gasteiger partial charge on any atom is 0.346 e. The Hall–Kier alpha value is -2.78. The molecule has 1 unspecified atom stereocenters. The topological polar surface area (TPSA) is 81.8 Å². The zero-order chi connectivity index (χ0) is 20.7. The van der Waals surface area contributed by atoms with Gasteiger partial charge in [0.05, 0.1) is 22.8 Å². The molecule has 1 amide bonds. The van der Waals surface area contributed by atoms with Gasteiger partial charge in [-0.1, -0.05) is 18.2 Å². The molecule has 0 spiro atoms. The minimum absolute atomic E-state index is 0.0203. The van der Waals surface area contributed by atoms with Crippen LogP contribution in [0.5, 0.6) is 0 Å². The highest BCUT2D eigenvalue weighted by Crippen LogP contribution is 2.26. The first-order chi connectivity index (χ1) is 14.6. The Kier molecular flexibility index (Phi) is 5.00. The molecule has 154 valence electrons. The zero-order valence-corrected chi connectivity index (χ0v) is 18.1. The fraction of sp³-hybridized carbons (Fsp3) is 0.333. The Bertz CT molecular complexity index is 1280. The summed E-state index contributed by atoms with van der Waals surface area (Å²) in [7, 11) is 0. The van der Waals surface area contributed by atoms with Crippen LogP contribution >= 0.6 is 22.7 Å². The molecule has 0 radical (unpaired) electrons. The van der Waals surface area contributed by atoms with Crippen molar-refractivity contribution >= 4 is 38.7 Å². The molecular weight excluding hydrogens is 418 g/mol. The third kappa shape index (κ3) is 3.59. The van der Waals surface area contributed by atoms with E-state index in [0.29, 0.717) is 25.9 Å². The number of thiophene rings is 1. The average molecular weight is 440 g/mol. The van der Waals surface area contributed by atoms with Crippen LogP contribution in [0.25, 0.3) is 10.1 Å². The highest BCUT2D eigenvalue weighted by molar-refractivity contribution is 7.17. The van der Waals surface area contributed by atoms with E-state index in [0.717, 1.165) is 38.6 Å². The van der Waals surface area contributed by atoms with Crippen LogP contribution in [0, 0.1) is 6.92 Å². The fourth-order valence-electron chi connectivity index (χ4n) is 3.93. The molecule has 1 aliphatic heterocycles. The van der Waals surface area contributed by atoms with Gasteiger partial charge in [0.1, 0.15) is 5.82 Å². The number of carbonyl (C=O) groups is 1. The Morgan fingerprint density at radius 2 is 2.10 bits per heavy atom. The van der Waals surface area contributed by atoms with Crippen LogP contribution in [0.3, 0.4) is 0 Å². The molecule has 5 rings (SSSR count). The van der Waals surface area contributed by atoms with Crippen molar-refractivity contribution < 1.29 is 4.79 Å². The Morgan fingerprint density at radius 1 is 1.23 bits per heavy atom. The van der Waals surface area contributed by atoms with Crippen molar-refractivity contribution in [3.8, 4) is 0 Å². The van der Waals surface area contributed by atoms with Crippen molar-refractivity contribution in [3.63, 3.8) is 0 Å². The number of carbonyl (C=O) groups excluding carboxylic acids is 1. The van der Waals surface area contributed by atoms with Gasteiger partial charge in [-0.2, -0.15) is 5.10 Å². The van der Waals surface area contributed by atoms with Crippen molar-refractivity contribution in [2.75, 3.05) is 0 Å². The minimum atomic E-state index is -0.105. The maximum absolute atomic E-state index is 12.8. The number of amides is 1. The van der Waals surface area contributed by atoms with E-state index in [4.69, 9.17) is 0 Å². The van der Waals surface area contributed by atoms with Gasteiger partial charge in [-0.05, 0) is 25.8 Å². The van der Waals surface area contributed by atoms with Gasteiger partial charge in [-0.25, -0.2) is 14.5 Å². The van der Waals surface area contributed by atoms with Crippen molar-refractivity contribution in [3.05, 3.63) is 67.6 Å². The van der Waals surface area contributed by atoms with E-state index in [1.54, 1.807) is 27.2 Å². The first-order valence-electron chi connectivity index (χ1n) is 9.93. The Morgan fingerprint density at radius 3 is 2.93 bits per heavy atom. The molecular formula is C21H21N5O2S2. The molecule has 7 nitrogen and oxygen atoms in total. The minimum Gasteiger partial charge on any atom is -0.349 e. The van der Waals surface area contributed by atoms with Crippen LogP contribution in [-0.4, -0.2) is 31.3 Å². The van der Waals surface area contributed by atoms with E-state index >= 15 is 0 Å². The summed E-state index contributed by atoms with van der Waals surface area (Å²) >= 11 is 3.15. The molecule has 1 atom stereocenters. The maximum atomic E-state index is 12.8. The van der Waals surface area contributed by atoms with Crippen LogP contribution in [0.1, 0.15) is 39.7 Å². The molecule has 0 fully saturated rings. The summed E-state index contributed by atoms with van der Waals surface area (Å²) in [5.74, 6) is 0.734. The van der Waals surface area contributed by atoms with Gasteiger partial charge in [0.25, 0.3) is 5.91 Å². The number of rotatable bonds is 4. The monoisotopic (exact) mass is 439 g/mol. The molecule has 3 aromatic heterocycles. The predicted octanol–water partition coefficient (Wildman–Crippen LogP) is 3.21. The van der Waals surface area contributed by atoms with Crippen molar-refractivity contribution in [1.82, 2.24) is 24.6 Å². The molecule has 0 saturated carbocycles. The van der Waals surface area contributed by atoms with Gasteiger partial charge in [0.15, 0.2) is 0 Å². The largest absolute Gasteiger partial charge is 0.349 e. The van der Waals surface area contributed by atoms with Gasteiger partial charge in [-0.15, -0.1) is 22.7 Å². The summed E-state index contributed by atoms with van der Waals surface area (Å²) in [4.78, 5) is 30.1. The second-order valence-electron chi connectivity index (χ2n) is 7.51. The predicted molar refractivity (Wildman–Crippen MR) is 118 cm³/mol. The molecule has 1 aliphatic rings. The number of fused-ring (bicyclic) bond motifs is 2. The lowest BCUT2D eigenvalue weighted by atomic mass is 10.1. The molecule has 0 aliphatic carbocycles. The van der Waals surface area contributed by atoms with Gasteiger partial charge in [0, 0.05) is 39.9 Å². The van der Waals surface area contributed by atoms with Crippen LogP contribution in [0.2, 0.25) is 0 Å². The number of benzene rings is 1. The summed E-state index contributed by atoms with van der Waals surface area (Å²) in [6, 6.07) is 7.96. The first kappa shape index (κ1) is 19.2. The normalized spacial score (nSPS) is 16.4. The smallest absolute Gasteiger partial charge is 0.346 e. The summed E-state index contributed by atoms with van der Waals surface area (Å²) in [6.07, 6.45) is 2.13. The molecule has 1 N–H and O–H groups in total. The van der Waals surface area contributed by atoms with Crippen molar-refractivity contribution in [2.45, 2.75) is 45.3 Å². The Labute approximate surface area is 181 Å². The molecule has 0 saturated heterocycles. The number of aromatic nitrogens is 4. The summed E-state index contributed by atoms with van der Waals surface area (Å²) in [5, 5.41) is 13.6. The molecule has 4 aromatic rings. The van der Waals surface area contributed by atoms with Gasteiger partial charge >= 0.3 is 5.69 Å². The molecule has 0 bridgehead atoms. The molecule has 1 aromatic carbocycles. The molecule has 4 heterocycles. The second kappa shape index (κ2) is 7.81. The van der Waals surface area contributed by atoms with Crippen molar-refractivity contribution in [2.24, 2.45) is 0 Å². The number of thiazole rings is 1. The van der Waals surface area contributed by atoms with Gasteiger partial charge in [0.2, 0.25) is 0 Å². The standard InChI is InChI=1S/C21H21N5O2S2/c1-13-22-15(11-29-13)10-26-21(28)25-9-8-14(6-7-19(25)24-26)23-20(27)17-12-30-18-5-3-2-4-16(17)18/h2-5,11-12,14H,6-10H2,1H3,(H,23,27). The van der Waals surface area contributed by atoms with Crippen LogP contribution in [0.4, 0.5) is 0 Å². The summed E-state index contributed by atoms with van der Waals surface area (Å²) < 4.78 is 4.35. The third-order valence-electron chi connectivity index (χ3n) is 5.46. The zero-order valence-electron chi connectivity index (χ0n) is 16.5. The van der Waals surface area contributed by atoms with Crippen LogP contribution in [-0.2, 0) is 19.5 Å². The average Bonchev–Trinajstić information content (AvgIpc) is 3.39. The lowest BCUT2D eigenvalue weighted by molar-refractivity contribution is 0.0935. The SMILES string of the molecule is Cc1nc(Cn2nc3n(c2=O)CCC(NC(=O)c2csc4ccccc24)CC3)cs1. The highest BCUT2D eigenvalue weighted by Gasteiger charge is 2.23. The lowest BCUT2D eigenvalue weighted by Crippen LogP contribution is -2.35. The number of nitrogens with zero attached hydrogens (tertiary/aromatic N) is 4.